The van der Waals surface area contributed by atoms with Crippen molar-refractivity contribution in [3.63, 3.8) is 0 Å². The molecule has 1 aromatic rings. The summed E-state index contributed by atoms with van der Waals surface area (Å²) in [5.41, 5.74) is 0.728. The van der Waals surface area contributed by atoms with Crippen molar-refractivity contribution in [1.29, 1.82) is 0 Å². The van der Waals surface area contributed by atoms with Gasteiger partial charge < -0.3 is 14.6 Å². The summed E-state index contributed by atoms with van der Waals surface area (Å²) in [4.78, 5) is 10.8. The summed E-state index contributed by atoms with van der Waals surface area (Å²) in [6, 6.07) is 9.17. The van der Waals surface area contributed by atoms with Crippen LogP contribution in [-0.4, -0.2) is 17.9 Å². The Balaban J connectivity index is 3.09. The molecule has 94 valence electrons. The highest BCUT2D eigenvalue weighted by Gasteiger charge is 2.36. The van der Waals surface area contributed by atoms with E-state index >= 15 is 0 Å². The summed E-state index contributed by atoms with van der Waals surface area (Å²) in [5.74, 6) is -1.18. The van der Waals surface area contributed by atoms with Crippen LogP contribution in [0.4, 0.5) is 4.79 Å². The Morgan fingerprint density at radius 3 is 2.41 bits per heavy atom. The Morgan fingerprint density at radius 2 is 1.94 bits per heavy atom. The molecule has 0 bridgehead atoms. The number of carboxylic acid groups (broad SMARTS) is 1. The van der Waals surface area contributed by atoms with E-state index in [0.717, 1.165) is 12.0 Å². The summed E-state index contributed by atoms with van der Waals surface area (Å²) in [7, 11) is 0. The molecule has 0 saturated carbocycles. The summed E-state index contributed by atoms with van der Waals surface area (Å²) >= 11 is 0. The number of rotatable bonds is 6. The van der Waals surface area contributed by atoms with Crippen LogP contribution in [0.3, 0.4) is 0 Å². The zero-order valence-electron chi connectivity index (χ0n) is 10.2. The smallest absolute Gasteiger partial charge is 0.450 e. The fraction of sp³-hybridized carbons (Fsp3) is 0.462. The predicted molar refractivity (Wildman–Crippen MR) is 63.8 cm³/mol. The first-order valence-electron chi connectivity index (χ1n) is 5.76. The van der Waals surface area contributed by atoms with E-state index < -0.39 is 11.9 Å². The van der Waals surface area contributed by atoms with E-state index in [2.05, 4.69) is 0 Å². The van der Waals surface area contributed by atoms with Gasteiger partial charge in [-0.25, -0.2) is 4.79 Å². The van der Waals surface area contributed by atoms with E-state index in [1.165, 1.54) is 0 Å². The van der Waals surface area contributed by atoms with Crippen LogP contribution in [0.5, 0.6) is 0 Å². The van der Waals surface area contributed by atoms with Crippen LogP contribution >= 0.6 is 0 Å². The van der Waals surface area contributed by atoms with Gasteiger partial charge in [-0.3, -0.25) is 0 Å². The van der Waals surface area contributed by atoms with Crippen LogP contribution in [0, 0.1) is 0 Å². The lowest BCUT2D eigenvalue weighted by molar-refractivity contribution is -0.221. The van der Waals surface area contributed by atoms with Gasteiger partial charge in [0.25, 0.3) is 0 Å². The van der Waals surface area contributed by atoms with Crippen molar-refractivity contribution in [2.24, 2.45) is 0 Å². The van der Waals surface area contributed by atoms with Crippen molar-refractivity contribution in [2.45, 2.75) is 32.5 Å². The molecule has 0 heterocycles. The maximum Gasteiger partial charge on any atom is 0.508 e. The Kier molecular flexibility index (Phi) is 4.97. The van der Waals surface area contributed by atoms with Gasteiger partial charge in [-0.2, -0.15) is 0 Å². The average molecular weight is 238 g/mol. The molecule has 0 radical (unpaired) electrons. The van der Waals surface area contributed by atoms with Crippen LogP contribution in [0.1, 0.15) is 32.3 Å². The van der Waals surface area contributed by atoms with Crippen LogP contribution in [0.25, 0.3) is 0 Å². The minimum Gasteiger partial charge on any atom is -0.450 e. The molecule has 0 aliphatic heterocycles. The van der Waals surface area contributed by atoms with E-state index in [1.54, 1.807) is 0 Å². The zero-order chi connectivity index (χ0) is 12.7. The van der Waals surface area contributed by atoms with Gasteiger partial charge in [-0.1, -0.05) is 37.3 Å². The van der Waals surface area contributed by atoms with Crippen molar-refractivity contribution in [2.75, 3.05) is 6.61 Å². The molecule has 1 unspecified atom stereocenters. The lowest BCUT2D eigenvalue weighted by Gasteiger charge is -2.31. The first-order valence-corrected chi connectivity index (χ1v) is 5.76. The molecule has 0 aliphatic carbocycles. The highest BCUT2D eigenvalue weighted by atomic mass is 16.8. The molecule has 1 atom stereocenters. The van der Waals surface area contributed by atoms with Crippen molar-refractivity contribution in [3.8, 4) is 0 Å². The third kappa shape index (κ3) is 3.46. The Labute approximate surface area is 101 Å². The van der Waals surface area contributed by atoms with E-state index in [-0.39, 0.29) is 0 Å². The van der Waals surface area contributed by atoms with Gasteiger partial charge in [0.15, 0.2) is 0 Å². The minimum atomic E-state index is -1.32. The van der Waals surface area contributed by atoms with E-state index in [9.17, 15) is 4.79 Å². The highest BCUT2D eigenvalue weighted by molar-refractivity contribution is 5.57. The Morgan fingerprint density at radius 1 is 1.29 bits per heavy atom. The molecule has 4 heteroatoms. The van der Waals surface area contributed by atoms with Gasteiger partial charge in [0.05, 0.1) is 0 Å². The summed E-state index contributed by atoms with van der Waals surface area (Å²) in [6.45, 7) is 4.17. The highest BCUT2D eigenvalue weighted by Crippen LogP contribution is 2.32. The second kappa shape index (κ2) is 6.25. The van der Waals surface area contributed by atoms with Gasteiger partial charge in [0.2, 0.25) is 5.79 Å². The molecule has 4 nitrogen and oxygen atoms in total. The fourth-order valence-electron chi connectivity index (χ4n) is 1.83. The molecule has 0 aliphatic rings. The number of benzene rings is 1. The van der Waals surface area contributed by atoms with Crippen LogP contribution in [0.15, 0.2) is 30.3 Å². The van der Waals surface area contributed by atoms with Crippen LogP contribution < -0.4 is 0 Å². The standard InChI is InChI=1S/C13H18O4/c1-3-10-13(16-4-2,17-12(14)15)11-8-6-5-7-9-11/h5-9H,3-4,10H2,1-2H3,(H,14,15). The van der Waals surface area contributed by atoms with E-state index in [4.69, 9.17) is 14.6 Å². The molecule has 0 fully saturated rings. The van der Waals surface area contributed by atoms with Crippen molar-refractivity contribution in [3.05, 3.63) is 35.9 Å². The fourth-order valence-corrected chi connectivity index (χ4v) is 1.83. The van der Waals surface area contributed by atoms with Crippen LogP contribution in [-0.2, 0) is 15.3 Å². The Bertz CT molecular complexity index is 342. The normalized spacial score (nSPS) is 14.0. The largest absolute Gasteiger partial charge is 0.508 e. The lowest BCUT2D eigenvalue weighted by atomic mass is 10.0. The molecular weight excluding hydrogens is 220 g/mol. The molecule has 0 aromatic heterocycles. The quantitative estimate of drug-likeness (QED) is 0.609. The summed E-state index contributed by atoms with van der Waals surface area (Å²) in [6.07, 6.45) is -0.0602. The number of ether oxygens (including phenoxy) is 2. The molecule has 1 rings (SSSR count). The number of hydrogen-bond acceptors (Lipinski definition) is 3. The van der Waals surface area contributed by atoms with Crippen molar-refractivity contribution in [1.82, 2.24) is 0 Å². The van der Waals surface area contributed by atoms with E-state index in [1.807, 2.05) is 44.2 Å². The topological polar surface area (TPSA) is 55.8 Å². The van der Waals surface area contributed by atoms with Crippen LogP contribution in [0.2, 0.25) is 0 Å². The maximum atomic E-state index is 10.8. The number of carbonyl (C=O) groups is 1. The second-order valence-corrected chi connectivity index (χ2v) is 3.67. The SMILES string of the molecule is CCCC(OCC)(OC(=O)O)c1ccccc1. The summed E-state index contributed by atoms with van der Waals surface area (Å²) in [5, 5.41) is 8.86. The second-order valence-electron chi connectivity index (χ2n) is 3.67. The molecule has 1 N–H and O–H groups in total. The first-order chi connectivity index (χ1) is 8.14. The molecule has 1 aromatic carbocycles. The van der Waals surface area contributed by atoms with Gasteiger partial charge in [0.1, 0.15) is 0 Å². The first kappa shape index (κ1) is 13.5. The lowest BCUT2D eigenvalue weighted by Crippen LogP contribution is -2.35. The Hall–Kier alpha value is -1.55. The molecule has 0 spiro atoms. The van der Waals surface area contributed by atoms with Gasteiger partial charge >= 0.3 is 6.16 Å². The predicted octanol–water partition coefficient (Wildman–Crippen LogP) is 3.37. The minimum absolute atomic E-state index is 0.391. The van der Waals surface area contributed by atoms with E-state index in [0.29, 0.717) is 13.0 Å². The third-order valence-corrected chi connectivity index (χ3v) is 2.42. The zero-order valence-corrected chi connectivity index (χ0v) is 10.2. The third-order valence-electron chi connectivity index (χ3n) is 2.42. The van der Waals surface area contributed by atoms with Crippen molar-refractivity contribution < 1.29 is 19.4 Å². The van der Waals surface area contributed by atoms with Crippen molar-refractivity contribution >= 4 is 6.16 Å². The monoisotopic (exact) mass is 238 g/mol. The van der Waals surface area contributed by atoms with Gasteiger partial charge in [-0.05, 0) is 13.3 Å². The summed E-state index contributed by atoms with van der Waals surface area (Å²) < 4.78 is 10.6. The average Bonchev–Trinajstić information content (AvgIpc) is 2.30. The molecule has 0 amide bonds. The van der Waals surface area contributed by atoms with Gasteiger partial charge in [-0.15, -0.1) is 0 Å². The van der Waals surface area contributed by atoms with Gasteiger partial charge in [0, 0.05) is 18.6 Å². The molecule has 17 heavy (non-hydrogen) atoms. The number of hydrogen-bond donors (Lipinski definition) is 1. The molecule has 0 saturated heterocycles. The molecular formula is C13H18O4. The maximum absolute atomic E-state index is 10.8.